The lowest BCUT2D eigenvalue weighted by molar-refractivity contribution is -0.139. The summed E-state index contributed by atoms with van der Waals surface area (Å²) in [7, 11) is 1.57. The second kappa shape index (κ2) is 16.1. The van der Waals surface area contributed by atoms with Gasteiger partial charge in [-0.15, -0.1) is 0 Å². The molecule has 4 rings (SSSR count). The maximum absolute atomic E-state index is 13.5. The van der Waals surface area contributed by atoms with Crippen LogP contribution in [0.1, 0.15) is 49.4 Å². The van der Waals surface area contributed by atoms with Crippen molar-refractivity contribution < 1.29 is 58.1 Å². The van der Waals surface area contributed by atoms with Crippen molar-refractivity contribution in [1.29, 1.82) is 0 Å². The number of aliphatic hydroxyl groups is 5. The summed E-state index contributed by atoms with van der Waals surface area (Å²) in [6.45, 7) is 3.38. The molecule has 7 N–H and O–H groups in total. The quantitative estimate of drug-likeness (QED) is 0.142. The van der Waals surface area contributed by atoms with Crippen LogP contribution in [0.25, 0.3) is 10.9 Å². The molecule has 0 saturated carbocycles. The number of nitrogens with one attached hydrogen (secondary N) is 1. The van der Waals surface area contributed by atoms with Gasteiger partial charge in [-0.25, -0.2) is 0 Å². The Morgan fingerprint density at radius 1 is 1.09 bits per heavy atom. The summed E-state index contributed by atoms with van der Waals surface area (Å²) >= 11 is 6.59. The molecule has 15 heteroatoms. The van der Waals surface area contributed by atoms with Gasteiger partial charge < -0.3 is 50.0 Å². The fourth-order valence-corrected chi connectivity index (χ4v) is 5.59. The lowest BCUT2D eigenvalue weighted by atomic mass is 10.0. The van der Waals surface area contributed by atoms with Gasteiger partial charge in [-0.05, 0) is 63.2 Å². The van der Waals surface area contributed by atoms with Crippen LogP contribution in [-0.2, 0) is 24.1 Å². The van der Waals surface area contributed by atoms with E-state index >= 15 is 0 Å². The lowest BCUT2D eigenvalue weighted by Gasteiger charge is -2.25. The summed E-state index contributed by atoms with van der Waals surface area (Å²) in [6.07, 6.45) is -9.86. The van der Waals surface area contributed by atoms with E-state index < -0.39 is 48.7 Å². The van der Waals surface area contributed by atoms with Crippen molar-refractivity contribution >= 4 is 28.5 Å². The number of carboxylic acid groups (broad SMARTS) is 1. The molecular formula is C31H40ClF3N2O9. The first-order valence-electron chi connectivity index (χ1n) is 14.6. The Morgan fingerprint density at radius 2 is 1.76 bits per heavy atom. The average molecular weight is 677 g/mol. The molecule has 2 heterocycles. The molecule has 11 nitrogen and oxygen atoms in total. The number of aliphatic hydroxyl groups excluding tert-OH is 5. The third-order valence-electron chi connectivity index (χ3n) is 7.38. The van der Waals surface area contributed by atoms with Crippen molar-refractivity contribution in [2.24, 2.45) is 0 Å². The fourth-order valence-electron chi connectivity index (χ4n) is 5.18. The molecule has 0 saturated heterocycles. The normalized spacial score (nSPS) is 17.2. The Hall–Kier alpha value is -3.11. The number of fused-ring (bicyclic) bond motifs is 3. The molecule has 1 aromatic heterocycles. The number of aliphatic carboxylic acids is 1. The van der Waals surface area contributed by atoms with Crippen molar-refractivity contribution in [2.45, 2.75) is 82.5 Å². The largest absolute Gasteiger partial charge is 0.490 e. The summed E-state index contributed by atoms with van der Waals surface area (Å²) in [5.74, 6) is -0.783. The predicted octanol–water partition coefficient (Wildman–Crippen LogP) is 3.28. The predicted molar refractivity (Wildman–Crippen MR) is 163 cm³/mol. The number of carbonyl (C=O) groups is 1. The maximum Gasteiger partial charge on any atom is 0.419 e. The Labute approximate surface area is 268 Å². The zero-order valence-electron chi connectivity index (χ0n) is 25.5. The summed E-state index contributed by atoms with van der Waals surface area (Å²) in [5.41, 5.74) is 1.20. The van der Waals surface area contributed by atoms with Crippen LogP contribution in [0.5, 0.6) is 11.5 Å². The lowest BCUT2D eigenvalue weighted by Crippen LogP contribution is -2.48. The summed E-state index contributed by atoms with van der Waals surface area (Å²) in [6, 6.07) is 9.19. The standard InChI is InChI=1S/C24H23ClF3NO4.C7H17NO5/c1-13(2)33-20-6-3-14(9-18(20)24(26,27)28)12-32-16-4-5-19-17(11-16)22(25)23-15(10-21(30)31)7-8-29(19)23;1-8-2-4(10)6(12)7(13)5(11)3-9/h3-6,9,11,13,15H,7-8,10,12H2,1-2H3,(H,30,31);4-13H,2-3H2,1H3/t;4-,5+,6+,7+/m.0/s1. The highest BCUT2D eigenvalue weighted by molar-refractivity contribution is 6.36. The van der Waals surface area contributed by atoms with Gasteiger partial charge in [0.2, 0.25) is 0 Å². The van der Waals surface area contributed by atoms with Gasteiger partial charge in [0.25, 0.3) is 0 Å². The number of aromatic nitrogens is 1. The summed E-state index contributed by atoms with van der Waals surface area (Å²) in [4.78, 5) is 11.2. The zero-order valence-corrected chi connectivity index (χ0v) is 26.3. The number of hydrogen-bond donors (Lipinski definition) is 7. The highest BCUT2D eigenvalue weighted by Gasteiger charge is 2.35. The zero-order chi connectivity index (χ0) is 34.3. The molecule has 46 heavy (non-hydrogen) atoms. The van der Waals surface area contributed by atoms with Crippen molar-refractivity contribution in [3.8, 4) is 11.5 Å². The van der Waals surface area contributed by atoms with E-state index in [2.05, 4.69) is 5.32 Å². The van der Waals surface area contributed by atoms with Crippen LogP contribution in [-0.4, -0.2) is 91.9 Å². The topological polar surface area (TPSA) is 174 Å². The second-order valence-electron chi connectivity index (χ2n) is 11.3. The molecule has 5 atom stereocenters. The minimum Gasteiger partial charge on any atom is -0.490 e. The van der Waals surface area contributed by atoms with Crippen LogP contribution in [0, 0.1) is 0 Å². The van der Waals surface area contributed by atoms with Gasteiger partial charge in [-0.2, -0.15) is 13.2 Å². The first kappa shape index (κ1) is 37.3. The Bertz CT molecular complexity index is 1470. The molecule has 0 fully saturated rings. The molecule has 1 aliphatic rings. The van der Waals surface area contributed by atoms with Gasteiger partial charge >= 0.3 is 12.1 Å². The van der Waals surface area contributed by atoms with Crippen LogP contribution in [0.15, 0.2) is 36.4 Å². The maximum atomic E-state index is 13.5. The van der Waals surface area contributed by atoms with E-state index in [1.165, 1.54) is 6.07 Å². The monoisotopic (exact) mass is 676 g/mol. The van der Waals surface area contributed by atoms with Crippen molar-refractivity contribution in [3.05, 3.63) is 58.2 Å². The molecule has 0 aliphatic carbocycles. The van der Waals surface area contributed by atoms with E-state index in [0.717, 1.165) is 22.7 Å². The number of aryl methyl sites for hydroxylation is 1. The van der Waals surface area contributed by atoms with E-state index in [1.807, 2.05) is 10.6 Å². The Balaban J connectivity index is 0.000000376. The highest BCUT2D eigenvalue weighted by Crippen LogP contribution is 2.44. The molecule has 1 aliphatic heterocycles. The van der Waals surface area contributed by atoms with E-state index in [0.29, 0.717) is 29.3 Å². The Kier molecular flexibility index (Phi) is 13.1. The van der Waals surface area contributed by atoms with Gasteiger partial charge in [0.15, 0.2) is 0 Å². The summed E-state index contributed by atoms with van der Waals surface area (Å²) < 4.78 is 53.5. The average Bonchev–Trinajstić information content (AvgIpc) is 3.52. The third kappa shape index (κ3) is 9.25. The first-order valence-corrected chi connectivity index (χ1v) is 15.0. The van der Waals surface area contributed by atoms with Crippen molar-refractivity contribution in [1.82, 2.24) is 9.88 Å². The van der Waals surface area contributed by atoms with Crippen molar-refractivity contribution in [2.75, 3.05) is 20.2 Å². The molecule has 3 aromatic rings. The Morgan fingerprint density at radius 3 is 2.35 bits per heavy atom. The van der Waals surface area contributed by atoms with Gasteiger partial charge in [-0.3, -0.25) is 4.79 Å². The number of alkyl halides is 3. The number of halogens is 4. The van der Waals surface area contributed by atoms with Crippen molar-refractivity contribution in [3.63, 3.8) is 0 Å². The molecule has 0 amide bonds. The molecule has 0 spiro atoms. The molecule has 0 bridgehead atoms. The van der Waals surface area contributed by atoms with E-state index in [9.17, 15) is 23.1 Å². The smallest absolute Gasteiger partial charge is 0.419 e. The van der Waals surface area contributed by atoms with Gasteiger partial charge in [0.1, 0.15) is 36.4 Å². The van der Waals surface area contributed by atoms with Crippen LogP contribution >= 0.6 is 11.6 Å². The van der Waals surface area contributed by atoms with E-state index in [4.69, 9.17) is 46.6 Å². The molecule has 256 valence electrons. The van der Waals surface area contributed by atoms with Crippen LogP contribution < -0.4 is 14.8 Å². The number of likely N-dealkylation sites (N-methyl/N-ethyl adjacent to an activating group) is 1. The van der Waals surface area contributed by atoms with Crippen LogP contribution in [0.4, 0.5) is 13.2 Å². The molecule has 0 radical (unpaired) electrons. The minimum atomic E-state index is -4.55. The number of rotatable bonds is 13. The van der Waals surface area contributed by atoms with E-state index in [1.54, 1.807) is 39.1 Å². The van der Waals surface area contributed by atoms with Gasteiger partial charge in [0.05, 0.1) is 41.3 Å². The number of nitrogens with zero attached hydrogens (tertiary/aromatic N) is 1. The second-order valence-corrected chi connectivity index (χ2v) is 11.6. The fraction of sp³-hybridized carbons (Fsp3) is 0.516. The molecule has 1 unspecified atom stereocenters. The van der Waals surface area contributed by atoms with Crippen LogP contribution in [0.3, 0.4) is 0 Å². The molecule has 2 aromatic carbocycles. The number of ether oxygens (including phenoxy) is 2. The number of hydrogen-bond acceptors (Lipinski definition) is 9. The third-order valence-corrected chi connectivity index (χ3v) is 7.77. The van der Waals surface area contributed by atoms with Gasteiger partial charge in [-0.1, -0.05) is 17.7 Å². The number of benzene rings is 2. The van der Waals surface area contributed by atoms with Gasteiger partial charge in [0, 0.05) is 30.1 Å². The number of carboxylic acids is 1. The SMILES string of the molecule is CC(C)Oc1ccc(COc2ccc3c(c2)c(Cl)c2n3CCC2CC(=O)O)cc1C(F)(F)F.CNC[C@H](O)[C@@H](O)[C@H](O)[C@H](O)CO. The van der Waals surface area contributed by atoms with Crippen LogP contribution in [0.2, 0.25) is 5.02 Å². The highest BCUT2D eigenvalue weighted by atomic mass is 35.5. The summed E-state index contributed by atoms with van der Waals surface area (Å²) in [5, 5.41) is 57.9. The molecular weight excluding hydrogens is 637 g/mol. The minimum absolute atomic E-state index is 0.0114. The van der Waals surface area contributed by atoms with E-state index in [-0.39, 0.29) is 37.3 Å². The first-order chi connectivity index (χ1) is 21.6.